The van der Waals surface area contributed by atoms with Crippen molar-refractivity contribution in [1.82, 2.24) is 4.90 Å². The first-order valence-corrected chi connectivity index (χ1v) is 6.47. The first-order valence-electron chi connectivity index (χ1n) is 6.47. The van der Waals surface area contributed by atoms with Crippen LogP contribution in [-0.4, -0.2) is 50.0 Å². The molecule has 2 fully saturated rings. The lowest BCUT2D eigenvalue weighted by Gasteiger charge is -2.52. The highest BCUT2D eigenvalue weighted by molar-refractivity contribution is 5.00. The van der Waals surface area contributed by atoms with E-state index in [1.54, 1.807) is 0 Å². The number of aliphatic hydroxyl groups is 1. The monoisotopic (exact) mass is 227 g/mol. The lowest BCUT2D eigenvalue weighted by molar-refractivity contribution is -0.192. The molecular weight excluding hydrogens is 202 g/mol. The summed E-state index contributed by atoms with van der Waals surface area (Å²) in [5.41, 5.74) is 0.258. The molecule has 3 heteroatoms. The Hall–Kier alpha value is -0.120. The maximum atomic E-state index is 9.65. The van der Waals surface area contributed by atoms with Crippen molar-refractivity contribution in [1.29, 1.82) is 0 Å². The summed E-state index contributed by atoms with van der Waals surface area (Å²) in [6.07, 6.45) is 1.27. The molecule has 2 saturated heterocycles. The van der Waals surface area contributed by atoms with Crippen LogP contribution in [0.1, 0.15) is 20.3 Å². The predicted molar refractivity (Wildman–Crippen MR) is 64.3 cm³/mol. The topological polar surface area (TPSA) is 32.7 Å². The summed E-state index contributed by atoms with van der Waals surface area (Å²) in [7, 11) is 2.19. The van der Waals surface area contributed by atoms with E-state index in [1.807, 2.05) is 0 Å². The van der Waals surface area contributed by atoms with Crippen molar-refractivity contribution in [3.8, 4) is 0 Å². The van der Waals surface area contributed by atoms with Crippen LogP contribution in [-0.2, 0) is 4.74 Å². The molecule has 0 spiro atoms. The minimum atomic E-state index is 0.258. The quantitative estimate of drug-likeness (QED) is 0.784. The van der Waals surface area contributed by atoms with E-state index in [0.29, 0.717) is 24.4 Å². The summed E-state index contributed by atoms with van der Waals surface area (Å²) in [5, 5.41) is 9.65. The molecule has 2 atom stereocenters. The standard InChI is InChI=1S/C13H25NO2/c1-10(2)12(7-15)13(8-16-9-13)11-4-5-14(3)6-11/h10-12,15H,4-9H2,1-3H3. The Morgan fingerprint density at radius 2 is 2.12 bits per heavy atom. The zero-order valence-electron chi connectivity index (χ0n) is 10.8. The molecule has 2 unspecified atom stereocenters. The van der Waals surface area contributed by atoms with E-state index in [-0.39, 0.29) is 5.41 Å². The van der Waals surface area contributed by atoms with Crippen LogP contribution in [0.3, 0.4) is 0 Å². The second-order valence-electron chi connectivity index (χ2n) is 6.01. The number of rotatable bonds is 4. The Morgan fingerprint density at radius 3 is 2.44 bits per heavy atom. The van der Waals surface area contributed by atoms with Gasteiger partial charge in [-0.15, -0.1) is 0 Å². The minimum Gasteiger partial charge on any atom is -0.396 e. The van der Waals surface area contributed by atoms with Gasteiger partial charge in [0.2, 0.25) is 0 Å². The third kappa shape index (κ3) is 1.89. The van der Waals surface area contributed by atoms with E-state index in [4.69, 9.17) is 4.74 Å². The molecule has 0 aliphatic carbocycles. The summed E-state index contributed by atoms with van der Waals surface area (Å²) >= 11 is 0. The van der Waals surface area contributed by atoms with Crippen molar-refractivity contribution < 1.29 is 9.84 Å². The molecule has 2 aliphatic rings. The zero-order chi connectivity index (χ0) is 11.8. The van der Waals surface area contributed by atoms with Gasteiger partial charge in [-0.1, -0.05) is 13.8 Å². The van der Waals surface area contributed by atoms with Crippen LogP contribution in [0.15, 0.2) is 0 Å². The molecule has 0 aromatic rings. The number of ether oxygens (including phenoxy) is 1. The molecule has 2 heterocycles. The van der Waals surface area contributed by atoms with Crippen molar-refractivity contribution >= 4 is 0 Å². The number of aliphatic hydroxyl groups excluding tert-OH is 1. The van der Waals surface area contributed by atoms with Gasteiger partial charge in [0, 0.05) is 18.6 Å². The highest BCUT2D eigenvalue weighted by Gasteiger charge is 2.52. The molecular formula is C13H25NO2. The van der Waals surface area contributed by atoms with Gasteiger partial charge in [-0.3, -0.25) is 0 Å². The average molecular weight is 227 g/mol. The number of hydrogen-bond donors (Lipinski definition) is 1. The molecule has 0 radical (unpaired) electrons. The van der Waals surface area contributed by atoms with Gasteiger partial charge in [0.25, 0.3) is 0 Å². The summed E-state index contributed by atoms with van der Waals surface area (Å²) in [5.74, 6) is 1.66. The molecule has 0 aromatic heterocycles. The summed E-state index contributed by atoms with van der Waals surface area (Å²) in [6.45, 7) is 8.83. The Labute approximate surface area is 98.8 Å². The van der Waals surface area contributed by atoms with Crippen LogP contribution >= 0.6 is 0 Å². The number of likely N-dealkylation sites (tertiary alicyclic amines) is 1. The number of nitrogens with zero attached hydrogens (tertiary/aromatic N) is 1. The fraction of sp³-hybridized carbons (Fsp3) is 1.00. The van der Waals surface area contributed by atoms with Gasteiger partial charge in [0.05, 0.1) is 13.2 Å². The van der Waals surface area contributed by atoms with Crippen LogP contribution in [0.4, 0.5) is 0 Å². The van der Waals surface area contributed by atoms with E-state index in [9.17, 15) is 5.11 Å². The maximum absolute atomic E-state index is 9.65. The fourth-order valence-electron chi connectivity index (χ4n) is 3.55. The predicted octanol–water partition coefficient (Wildman–Crippen LogP) is 1.22. The van der Waals surface area contributed by atoms with Crippen molar-refractivity contribution in [2.45, 2.75) is 20.3 Å². The van der Waals surface area contributed by atoms with E-state index < -0.39 is 0 Å². The zero-order valence-corrected chi connectivity index (χ0v) is 10.8. The molecule has 0 amide bonds. The van der Waals surface area contributed by atoms with Crippen LogP contribution in [0.25, 0.3) is 0 Å². The van der Waals surface area contributed by atoms with E-state index in [2.05, 4.69) is 25.8 Å². The van der Waals surface area contributed by atoms with Crippen molar-refractivity contribution in [2.24, 2.45) is 23.2 Å². The van der Waals surface area contributed by atoms with Crippen molar-refractivity contribution in [2.75, 3.05) is 40.0 Å². The second-order valence-corrected chi connectivity index (χ2v) is 6.01. The minimum absolute atomic E-state index is 0.258. The first kappa shape index (κ1) is 12.3. The van der Waals surface area contributed by atoms with E-state index in [0.717, 1.165) is 13.2 Å². The van der Waals surface area contributed by atoms with Crippen LogP contribution in [0.2, 0.25) is 0 Å². The normalized spacial score (nSPS) is 31.7. The van der Waals surface area contributed by atoms with Crippen LogP contribution < -0.4 is 0 Å². The van der Waals surface area contributed by atoms with Gasteiger partial charge in [-0.05, 0) is 37.8 Å². The summed E-state index contributed by atoms with van der Waals surface area (Å²) < 4.78 is 5.49. The lowest BCUT2D eigenvalue weighted by atomic mass is 9.61. The van der Waals surface area contributed by atoms with Gasteiger partial charge in [0.1, 0.15) is 0 Å². The number of hydrogen-bond acceptors (Lipinski definition) is 3. The molecule has 2 aliphatic heterocycles. The largest absolute Gasteiger partial charge is 0.396 e. The van der Waals surface area contributed by atoms with Gasteiger partial charge in [-0.2, -0.15) is 0 Å². The Bertz CT molecular complexity index is 238. The molecule has 94 valence electrons. The fourth-order valence-corrected chi connectivity index (χ4v) is 3.55. The maximum Gasteiger partial charge on any atom is 0.0551 e. The van der Waals surface area contributed by atoms with Crippen molar-refractivity contribution in [3.63, 3.8) is 0 Å². The molecule has 16 heavy (non-hydrogen) atoms. The highest BCUT2D eigenvalue weighted by atomic mass is 16.5. The SMILES string of the molecule is CC(C)C(CO)C1(C2CCN(C)C2)COC1. The Balaban J connectivity index is 2.12. The molecule has 0 aromatic carbocycles. The molecule has 1 N–H and O–H groups in total. The summed E-state index contributed by atoms with van der Waals surface area (Å²) in [4.78, 5) is 2.40. The molecule has 3 nitrogen and oxygen atoms in total. The third-order valence-electron chi connectivity index (χ3n) is 4.69. The Morgan fingerprint density at radius 1 is 1.44 bits per heavy atom. The van der Waals surface area contributed by atoms with Gasteiger partial charge < -0.3 is 14.7 Å². The third-order valence-corrected chi connectivity index (χ3v) is 4.69. The van der Waals surface area contributed by atoms with Gasteiger partial charge in [0.15, 0.2) is 0 Å². The second kappa shape index (κ2) is 4.63. The average Bonchev–Trinajstić information content (AvgIpc) is 2.57. The summed E-state index contributed by atoms with van der Waals surface area (Å²) in [6, 6.07) is 0. The van der Waals surface area contributed by atoms with Gasteiger partial charge >= 0.3 is 0 Å². The van der Waals surface area contributed by atoms with Crippen molar-refractivity contribution in [3.05, 3.63) is 0 Å². The first-order chi connectivity index (χ1) is 7.60. The van der Waals surface area contributed by atoms with E-state index >= 15 is 0 Å². The van der Waals surface area contributed by atoms with E-state index in [1.165, 1.54) is 19.5 Å². The molecule has 2 rings (SSSR count). The highest BCUT2D eigenvalue weighted by Crippen LogP contribution is 2.48. The molecule has 0 saturated carbocycles. The van der Waals surface area contributed by atoms with Crippen LogP contribution in [0.5, 0.6) is 0 Å². The molecule has 0 bridgehead atoms. The lowest BCUT2D eigenvalue weighted by Crippen LogP contribution is -2.56. The Kier molecular flexibility index (Phi) is 3.57. The smallest absolute Gasteiger partial charge is 0.0551 e. The van der Waals surface area contributed by atoms with Crippen LogP contribution in [0, 0.1) is 23.2 Å². The van der Waals surface area contributed by atoms with Gasteiger partial charge in [-0.25, -0.2) is 0 Å².